The van der Waals surface area contributed by atoms with Gasteiger partial charge in [-0.05, 0) is 18.9 Å². The molecule has 1 unspecified atom stereocenters. The lowest BCUT2D eigenvalue weighted by atomic mass is 10.1. The van der Waals surface area contributed by atoms with Crippen molar-refractivity contribution in [2.75, 3.05) is 13.7 Å². The molecule has 1 aromatic heterocycles. The van der Waals surface area contributed by atoms with Crippen molar-refractivity contribution in [3.63, 3.8) is 0 Å². The summed E-state index contributed by atoms with van der Waals surface area (Å²) in [7, 11) is 1.71. The second-order valence-electron chi connectivity index (χ2n) is 6.67. The van der Waals surface area contributed by atoms with E-state index in [4.69, 9.17) is 9.47 Å². The van der Waals surface area contributed by atoms with Crippen LogP contribution in [0, 0.1) is 0 Å². The fraction of sp³-hybridized carbons (Fsp3) is 0.381. The lowest BCUT2D eigenvalue weighted by Gasteiger charge is -2.35. The Hall–Kier alpha value is -3.09. The van der Waals surface area contributed by atoms with E-state index in [1.165, 1.54) is 6.20 Å². The molecule has 148 valence electrons. The Morgan fingerprint density at radius 2 is 1.89 bits per heavy atom. The van der Waals surface area contributed by atoms with Crippen molar-refractivity contribution in [1.29, 1.82) is 0 Å². The van der Waals surface area contributed by atoms with Gasteiger partial charge in [-0.25, -0.2) is 4.79 Å². The molecule has 0 bridgehead atoms. The number of esters is 1. The predicted molar refractivity (Wildman–Crippen MR) is 104 cm³/mol. The van der Waals surface area contributed by atoms with E-state index in [2.05, 4.69) is 0 Å². The van der Waals surface area contributed by atoms with Gasteiger partial charge in [0.15, 0.2) is 11.4 Å². The highest BCUT2D eigenvalue weighted by Gasteiger charge is 2.34. The van der Waals surface area contributed by atoms with E-state index in [1.54, 1.807) is 23.4 Å². The van der Waals surface area contributed by atoms with Gasteiger partial charge in [0.1, 0.15) is 12.2 Å². The van der Waals surface area contributed by atoms with Gasteiger partial charge in [-0.2, -0.15) is 0 Å². The lowest BCUT2D eigenvalue weighted by Crippen LogP contribution is -2.47. The van der Waals surface area contributed by atoms with Crippen molar-refractivity contribution in [3.05, 3.63) is 63.6 Å². The normalized spacial score (nSPS) is 15.9. The molecule has 1 atom stereocenters. The number of rotatable bonds is 6. The van der Waals surface area contributed by atoms with E-state index in [9.17, 15) is 14.4 Å². The third kappa shape index (κ3) is 3.65. The molecule has 0 N–H and O–H groups in total. The van der Waals surface area contributed by atoms with Gasteiger partial charge in [0.2, 0.25) is 5.43 Å². The predicted octanol–water partition coefficient (Wildman–Crippen LogP) is 2.47. The molecule has 28 heavy (non-hydrogen) atoms. The molecule has 0 saturated heterocycles. The largest absolute Gasteiger partial charge is 0.483 e. The van der Waals surface area contributed by atoms with E-state index < -0.39 is 11.4 Å². The maximum atomic E-state index is 13.0. The molecule has 1 aliphatic heterocycles. The Morgan fingerprint density at radius 3 is 2.54 bits per heavy atom. The van der Waals surface area contributed by atoms with Crippen LogP contribution in [0.5, 0.6) is 5.75 Å². The standard InChI is InChI=1S/C21H24N2O5/c1-4-15-11-23-12-16(21(26)27-5-2)18(24)19(17(23)20(25)22(15)3)28-13-14-9-7-6-8-10-14/h6-10,12,15H,4-5,11,13H2,1-3H3. The van der Waals surface area contributed by atoms with Crippen molar-refractivity contribution in [1.82, 2.24) is 9.47 Å². The molecular weight excluding hydrogens is 360 g/mol. The highest BCUT2D eigenvalue weighted by molar-refractivity contribution is 5.98. The van der Waals surface area contributed by atoms with Crippen molar-refractivity contribution >= 4 is 11.9 Å². The SMILES string of the molecule is CCOC(=O)c1cn2c(c(OCc3ccccc3)c1=O)C(=O)N(C)C(CC)C2. The molecule has 0 aliphatic carbocycles. The summed E-state index contributed by atoms with van der Waals surface area (Å²) in [5.74, 6) is -1.12. The summed E-state index contributed by atoms with van der Waals surface area (Å²) in [6, 6.07) is 9.30. The Kier molecular flexibility index (Phi) is 5.82. The van der Waals surface area contributed by atoms with Crippen LogP contribution in [-0.4, -0.2) is 41.0 Å². The zero-order valence-corrected chi connectivity index (χ0v) is 16.3. The number of hydrogen-bond donors (Lipinski definition) is 0. The number of benzene rings is 1. The van der Waals surface area contributed by atoms with Crippen LogP contribution in [0.3, 0.4) is 0 Å². The molecule has 1 aromatic carbocycles. The average molecular weight is 384 g/mol. The minimum absolute atomic E-state index is 0.0282. The molecule has 0 fully saturated rings. The summed E-state index contributed by atoms with van der Waals surface area (Å²) >= 11 is 0. The van der Waals surface area contributed by atoms with E-state index in [-0.39, 0.29) is 42.2 Å². The molecular formula is C21H24N2O5. The first kappa shape index (κ1) is 19.7. The Bertz CT molecular complexity index is 936. The van der Waals surface area contributed by atoms with Crippen molar-refractivity contribution in [3.8, 4) is 5.75 Å². The number of likely N-dealkylation sites (N-methyl/N-ethyl adjacent to an activating group) is 1. The van der Waals surface area contributed by atoms with E-state index in [0.717, 1.165) is 12.0 Å². The zero-order chi connectivity index (χ0) is 20.3. The first-order valence-electron chi connectivity index (χ1n) is 9.36. The van der Waals surface area contributed by atoms with Gasteiger partial charge in [-0.1, -0.05) is 37.3 Å². The molecule has 1 aliphatic rings. The van der Waals surface area contributed by atoms with Gasteiger partial charge in [0, 0.05) is 25.8 Å². The maximum Gasteiger partial charge on any atom is 0.343 e. The smallest absolute Gasteiger partial charge is 0.343 e. The number of ether oxygens (including phenoxy) is 2. The number of carbonyl (C=O) groups is 2. The Labute approximate surface area is 163 Å². The third-order valence-corrected chi connectivity index (χ3v) is 4.91. The van der Waals surface area contributed by atoms with Crippen LogP contribution in [0.4, 0.5) is 0 Å². The quantitative estimate of drug-likeness (QED) is 0.715. The highest BCUT2D eigenvalue weighted by atomic mass is 16.5. The summed E-state index contributed by atoms with van der Waals surface area (Å²) in [5, 5.41) is 0. The van der Waals surface area contributed by atoms with Gasteiger partial charge >= 0.3 is 5.97 Å². The number of amides is 1. The maximum absolute atomic E-state index is 13.0. The number of aromatic nitrogens is 1. The zero-order valence-electron chi connectivity index (χ0n) is 16.3. The van der Waals surface area contributed by atoms with Gasteiger partial charge in [0.05, 0.1) is 6.61 Å². The minimum Gasteiger partial charge on any atom is -0.483 e. The van der Waals surface area contributed by atoms with Gasteiger partial charge in [-0.3, -0.25) is 9.59 Å². The summed E-state index contributed by atoms with van der Waals surface area (Å²) in [6.07, 6.45) is 2.17. The first-order valence-corrected chi connectivity index (χ1v) is 9.36. The fourth-order valence-electron chi connectivity index (χ4n) is 3.31. The third-order valence-electron chi connectivity index (χ3n) is 4.91. The Morgan fingerprint density at radius 1 is 1.18 bits per heavy atom. The number of pyridine rings is 1. The van der Waals surface area contributed by atoms with Crippen LogP contribution < -0.4 is 10.2 Å². The molecule has 3 rings (SSSR count). The number of carbonyl (C=O) groups excluding carboxylic acids is 2. The van der Waals surface area contributed by atoms with Crippen LogP contribution in [0.1, 0.15) is 46.7 Å². The van der Waals surface area contributed by atoms with E-state index in [1.807, 2.05) is 37.3 Å². The van der Waals surface area contributed by atoms with Crippen LogP contribution in [0.2, 0.25) is 0 Å². The summed E-state index contributed by atoms with van der Waals surface area (Å²) in [4.78, 5) is 39.8. The molecule has 7 nitrogen and oxygen atoms in total. The topological polar surface area (TPSA) is 77.8 Å². The van der Waals surface area contributed by atoms with Gasteiger partial charge < -0.3 is 18.9 Å². The van der Waals surface area contributed by atoms with Crippen LogP contribution in [0.25, 0.3) is 0 Å². The molecule has 2 aromatic rings. The van der Waals surface area contributed by atoms with Crippen LogP contribution >= 0.6 is 0 Å². The van der Waals surface area contributed by atoms with Crippen molar-refractivity contribution < 1.29 is 19.1 Å². The Balaban J connectivity index is 2.09. The summed E-state index contributed by atoms with van der Waals surface area (Å²) < 4.78 is 12.4. The molecule has 2 heterocycles. The number of fused-ring (bicyclic) bond motifs is 1. The monoisotopic (exact) mass is 384 g/mol. The number of nitrogens with zero attached hydrogens (tertiary/aromatic N) is 2. The van der Waals surface area contributed by atoms with E-state index in [0.29, 0.717) is 6.54 Å². The van der Waals surface area contributed by atoms with Crippen LogP contribution in [-0.2, 0) is 17.9 Å². The number of hydrogen-bond acceptors (Lipinski definition) is 5. The fourth-order valence-corrected chi connectivity index (χ4v) is 3.31. The van der Waals surface area contributed by atoms with Gasteiger partial charge in [0.25, 0.3) is 5.91 Å². The summed E-state index contributed by atoms with van der Waals surface area (Å²) in [6.45, 7) is 4.40. The van der Waals surface area contributed by atoms with Crippen molar-refractivity contribution in [2.24, 2.45) is 0 Å². The second-order valence-corrected chi connectivity index (χ2v) is 6.67. The second kappa shape index (κ2) is 8.29. The molecule has 0 saturated carbocycles. The minimum atomic E-state index is -0.716. The average Bonchev–Trinajstić information content (AvgIpc) is 2.70. The highest BCUT2D eigenvalue weighted by Crippen LogP contribution is 2.25. The summed E-state index contributed by atoms with van der Waals surface area (Å²) in [5.41, 5.74) is 0.268. The van der Waals surface area contributed by atoms with Crippen molar-refractivity contribution in [2.45, 2.75) is 39.5 Å². The molecule has 7 heteroatoms. The molecule has 1 amide bonds. The van der Waals surface area contributed by atoms with Crippen LogP contribution in [0.15, 0.2) is 41.3 Å². The molecule has 0 spiro atoms. The first-order chi connectivity index (χ1) is 13.5. The molecule has 0 radical (unpaired) electrons. The van der Waals surface area contributed by atoms with Gasteiger partial charge in [-0.15, -0.1) is 0 Å². The lowest BCUT2D eigenvalue weighted by molar-refractivity contribution is 0.0516. The van der Waals surface area contributed by atoms with E-state index >= 15 is 0 Å².